The lowest BCUT2D eigenvalue weighted by Gasteiger charge is -2.35. The number of ether oxygens (including phenoxy) is 1. The van der Waals surface area contributed by atoms with E-state index in [1.807, 2.05) is 6.92 Å². The van der Waals surface area contributed by atoms with Crippen LogP contribution in [0.1, 0.15) is 52.4 Å². The topological polar surface area (TPSA) is 64.4 Å². The van der Waals surface area contributed by atoms with E-state index in [1.54, 1.807) is 0 Å². The molecule has 3 N–H and O–H groups in total. The molecule has 0 radical (unpaired) electrons. The van der Waals surface area contributed by atoms with Crippen molar-refractivity contribution in [1.29, 1.82) is 0 Å². The summed E-state index contributed by atoms with van der Waals surface area (Å²) in [7, 11) is 0. The van der Waals surface area contributed by atoms with Crippen molar-refractivity contribution in [1.82, 2.24) is 5.32 Å². The average molecular weight is 291 g/mol. The molecule has 1 heterocycles. The molecule has 1 aliphatic heterocycles. The van der Waals surface area contributed by atoms with Crippen molar-refractivity contribution in [3.05, 3.63) is 0 Å². The number of carbonyl (C=O) groups excluding carboxylic acids is 1. The number of hydrogen-bond donors (Lipinski definition) is 2. The van der Waals surface area contributed by atoms with E-state index in [2.05, 4.69) is 12.2 Å². The summed E-state index contributed by atoms with van der Waals surface area (Å²) in [5, 5.41) is 3.17. The zero-order valence-electron chi connectivity index (χ0n) is 12.0. The first-order chi connectivity index (χ1) is 8.54. The van der Waals surface area contributed by atoms with Gasteiger partial charge in [-0.2, -0.15) is 0 Å². The molecule has 4 atom stereocenters. The minimum Gasteiger partial charge on any atom is -0.378 e. The third-order valence-corrected chi connectivity index (χ3v) is 4.39. The van der Waals surface area contributed by atoms with Crippen LogP contribution in [-0.4, -0.2) is 30.2 Å². The summed E-state index contributed by atoms with van der Waals surface area (Å²) in [6, 6.07) is 0.262. The fourth-order valence-corrected chi connectivity index (χ4v) is 3.32. The van der Waals surface area contributed by atoms with Crippen LogP contribution in [0.5, 0.6) is 0 Å². The molecule has 4 nitrogen and oxygen atoms in total. The molecule has 0 aromatic carbocycles. The fraction of sp³-hybridized carbons (Fsp3) is 0.929. The lowest BCUT2D eigenvalue weighted by atomic mass is 9.81. The smallest absolute Gasteiger partial charge is 0.240 e. The number of halogens is 1. The first kappa shape index (κ1) is 16.7. The van der Waals surface area contributed by atoms with Crippen LogP contribution in [0.25, 0.3) is 0 Å². The van der Waals surface area contributed by atoms with E-state index in [9.17, 15) is 4.79 Å². The van der Waals surface area contributed by atoms with Gasteiger partial charge in [-0.05, 0) is 39.0 Å². The van der Waals surface area contributed by atoms with Crippen molar-refractivity contribution in [2.24, 2.45) is 11.7 Å². The highest BCUT2D eigenvalue weighted by atomic mass is 35.5. The zero-order valence-corrected chi connectivity index (χ0v) is 12.8. The van der Waals surface area contributed by atoms with Gasteiger partial charge in [-0.25, -0.2) is 0 Å². The molecule has 0 aromatic rings. The summed E-state index contributed by atoms with van der Waals surface area (Å²) >= 11 is 0. The first-order valence-electron chi connectivity index (χ1n) is 7.26. The van der Waals surface area contributed by atoms with Gasteiger partial charge in [-0.1, -0.05) is 13.3 Å². The number of fused-ring (bicyclic) bond motifs is 1. The summed E-state index contributed by atoms with van der Waals surface area (Å²) in [6.45, 7) is 4.73. The minimum absolute atomic E-state index is 0. The maximum atomic E-state index is 12.2. The normalized spacial score (nSPS) is 32.9. The molecule has 1 saturated heterocycles. The average Bonchev–Trinajstić information content (AvgIpc) is 2.78. The van der Waals surface area contributed by atoms with E-state index in [1.165, 1.54) is 0 Å². The fourth-order valence-electron chi connectivity index (χ4n) is 3.32. The molecule has 1 saturated carbocycles. The highest BCUT2D eigenvalue weighted by Gasteiger charge is 2.40. The van der Waals surface area contributed by atoms with Gasteiger partial charge in [-0.3, -0.25) is 4.79 Å². The molecule has 112 valence electrons. The maximum absolute atomic E-state index is 12.2. The van der Waals surface area contributed by atoms with Gasteiger partial charge in [0.25, 0.3) is 0 Å². The van der Waals surface area contributed by atoms with Crippen LogP contribution < -0.4 is 11.1 Å². The van der Waals surface area contributed by atoms with Crippen molar-refractivity contribution in [3.8, 4) is 0 Å². The molecule has 2 rings (SSSR count). The molecule has 1 amide bonds. The standard InChI is InChI=1S/C14H26N2O2.ClH/c1-3-8-14(2,15)13(17)16-11-5-4-6-12-10(11)7-9-18-12;/h10-12H,3-9,15H2,1-2H3,(H,16,17);1H. The predicted molar refractivity (Wildman–Crippen MR) is 78.4 cm³/mol. The molecule has 5 heteroatoms. The van der Waals surface area contributed by atoms with Crippen LogP contribution in [0.3, 0.4) is 0 Å². The maximum Gasteiger partial charge on any atom is 0.240 e. The number of nitrogens with two attached hydrogens (primary N) is 1. The highest BCUT2D eigenvalue weighted by molar-refractivity contribution is 5.86. The van der Waals surface area contributed by atoms with Crippen LogP contribution in [-0.2, 0) is 9.53 Å². The molecular formula is C14H27ClN2O2. The molecule has 0 spiro atoms. The van der Waals surface area contributed by atoms with Crippen molar-refractivity contribution in [3.63, 3.8) is 0 Å². The van der Waals surface area contributed by atoms with Gasteiger partial charge < -0.3 is 15.8 Å². The van der Waals surface area contributed by atoms with E-state index in [0.29, 0.717) is 12.0 Å². The number of amides is 1. The second kappa shape index (κ2) is 6.91. The largest absolute Gasteiger partial charge is 0.378 e. The Morgan fingerprint density at radius 1 is 1.42 bits per heavy atom. The van der Waals surface area contributed by atoms with Gasteiger partial charge in [0.05, 0.1) is 11.6 Å². The molecular weight excluding hydrogens is 264 g/mol. The third kappa shape index (κ3) is 3.83. The van der Waals surface area contributed by atoms with E-state index in [0.717, 1.165) is 45.1 Å². The molecule has 4 unspecified atom stereocenters. The van der Waals surface area contributed by atoms with Gasteiger partial charge in [0.1, 0.15) is 0 Å². The zero-order chi connectivity index (χ0) is 13.2. The number of hydrogen-bond acceptors (Lipinski definition) is 3. The Bertz CT molecular complexity index is 310. The Balaban J connectivity index is 0.00000180. The lowest BCUT2D eigenvalue weighted by Crippen LogP contribution is -2.56. The van der Waals surface area contributed by atoms with Crippen molar-refractivity contribution in [2.75, 3.05) is 6.61 Å². The Morgan fingerprint density at radius 3 is 2.84 bits per heavy atom. The summed E-state index contributed by atoms with van der Waals surface area (Å²) in [6.07, 6.45) is 6.45. The van der Waals surface area contributed by atoms with Gasteiger partial charge in [0.15, 0.2) is 0 Å². The van der Waals surface area contributed by atoms with E-state index in [-0.39, 0.29) is 24.4 Å². The molecule has 0 bridgehead atoms. The van der Waals surface area contributed by atoms with Crippen molar-refractivity contribution >= 4 is 18.3 Å². The molecule has 2 aliphatic rings. The Kier molecular flexibility index (Phi) is 6.09. The van der Waals surface area contributed by atoms with Crippen LogP contribution in [0.4, 0.5) is 0 Å². The molecule has 0 aromatic heterocycles. The van der Waals surface area contributed by atoms with Gasteiger partial charge in [0, 0.05) is 18.6 Å². The molecule has 2 fully saturated rings. The first-order valence-corrected chi connectivity index (χ1v) is 7.26. The van der Waals surface area contributed by atoms with E-state index < -0.39 is 5.54 Å². The quantitative estimate of drug-likeness (QED) is 0.832. The number of nitrogens with one attached hydrogen (secondary N) is 1. The monoisotopic (exact) mass is 290 g/mol. The SMILES string of the molecule is CCCC(C)(N)C(=O)NC1CCCC2OCCC12.Cl. The van der Waals surface area contributed by atoms with Crippen molar-refractivity contribution in [2.45, 2.75) is 70.1 Å². The predicted octanol–water partition coefficient (Wildman–Crippen LogP) is 2.00. The summed E-state index contributed by atoms with van der Waals surface area (Å²) in [5.74, 6) is 0.502. The van der Waals surface area contributed by atoms with Gasteiger partial charge >= 0.3 is 0 Å². The summed E-state index contributed by atoms with van der Waals surface area (Å²) in [4.78, 5) is 12.2. The second-order valence-electron chi connectivity index (χ2n) is 6.04. The second-order valence-corrected chi connectivity index (χ2v) is 6.04. The van der Waals surface area contributed by atoms with Gasteiger partial charge in [-0.15, -0.1) is 12.4 Å². The van der Waals surface area contributed by atoms with Crippen LogP contribution in [0, 0.1) is 5.92 Å². The molecule has 19 heavy (non-hydrogen) atoms. The van der Waals surface area contributed by atoms with Crippen molar-refractivity contribution < 1.29 is 9.53 Å². The van der Waals surface area contributed by atoms with E-state index >= 15 is 0 Å². The summed E-state index contributed by atoms with van der Waals surface area (Å²) < 4.78 is 5.72. The lowest BCUT2D eigenvalue weighted by molar-refractivity contribution is -0.127. The number of rotatable bonds is 4. The third-order valence-electron chi connectivity index (χ3n) is 4.39. The molecule has 1 aliphatic carbocycles. The summed E-state index contributed by atoms with van der Waals surface area (Å²) in [5.41, 5.74) is 5.35. The minimum atomic E-state index is -0.735. The number of carbonyl (C=O) groups is 1. The highest BCUT2D eigenvalue weighted by Crippen LogP contribution is 2.34. The van der Waals surface area contributed by atoms with E-state index in [4.69, 9.17) is 10.5 Å². The van der Waals surface area contributed by atoms with Crippen LogP contribution in [0.2, 0.25) is 0 Å². The Hall–Kier alpha value is -0.320. The Morgan fingerprint density at radius 2 is 2.16 bits per heavy atom. The van der Waals surface area contributed by atoms with Gasteiger partial charge in [0.2, 0.25) is 5.91 Å². The van der Waals surface area contributed by atoms with Crippen LogP contribution >= 0.6 is 12.4 Å². The Labute approximate surface area is 122 Å². The van der Waals surface area contributed by atoms with Crippen LogP contribution in [0.15, 0.2) is 0 Å².